The number of carbonyl (C=O) groups is 2. The van der Waals surface area contributed by atoms with Crippen molar-refractivity contribution in [2.75, 3.05) is 20.1 Å². The van der Waals surface area contributed by atoms with Gasteiger partial charge in [0.2, 0.25) is 5.91 Å². The van der Waals surface area contributed by atoms with Gasteiger partial charge in [0.1, 0.15) is 6.04 Å². The lowest BCUT2D eigenvalue weighted by Crippen LogP contribution is -2.43. The number of para-hydroxylation sites is 1. The molecule has 1 aromatic heterocycles. The molecule has 0 N–H and O–H groups in total. The van der Waals surface area contributed by atoms with Crippen molar-refractivity contribution in [2.45, 2.75) is 25.6 Å². The molecule has 1 aliphatic rings. The molecule has 2 aromatic rings. The highest BCUT2D eigenvalue weighted by molar-refractivity contribution is 5.99. The molecule has 1 aliphatic heterocycles. The van der Waals surface area contributed by atoms with E-state index < -0.39 is 23.7 Å². The van der Waals surface area contributed by atoms with Gasteiger partial charge in [0, 0.05) is 25.2 Å². The van der Waals surface area contributed by atoms with Crippen LogP contribution < -0.4 is 0 Å². The summed E-state index contributed by atoms with van der Waals surface area (Å²) in [4.78, 5) is 31.7. The number of pyridine rings is 1. The Hall–Kier alpha value is -3.15. The van der Waals surface area contributed by atoms with E-state index in [-0.39, 0.29) is 34.8 Å². The van der Waals surface area contributed by atoms with Gasteiger partial charge < -0.3 is 9.80 Å². The number of nitriles is 1. The molecule has 3 rings (SSSR count). The molecule has 0 radical (unpaired) electrons. The minimum absolute atomic E-state index is 0.0822. The fraction of sp³-hybridized carbons (Fsp3) is 0.400. The van der Waals surface area contributed by atoms with Crippen molar-refractivity contribution in [3.05, 3.63) is 41.6 Å². The summed E-state index contributed by atoms with van der Waals surface area (Å²) in [7, 11) is 1.43. The number of benzene rings is 1. The Bertz CT molecular complexity index is 999. The van der Waals surface area contributed by atoms with Crippen molar-refractivity contribution < 1.29 is 22.8 Å². The van der Waals surface area contributed by atoms with Gasteiger partial charge in [-0.05, 0) is 24.5 Å². The van der Waals surface area contributed by atoms with Gasteiger partial charge in [0.05, 0.1) is 29.3 Å². The number of amides is 2. The number of hydrogen-bond acceptors (Lipinski definition) is 4. The van der Waals surface area contributed by atoms with Gasteiger partial charge in [0.25, 0.3) is 5.91 Å². The molecular formula is C20H19F3N4O2. The Morgan fingerprint density at radius 1 is 1.38 bits per heavy atom. The van der Waals surface area contributed by atoms with Gasteiger partial charge >= 0.3 is 6.18 Å². The largest absolute Gasteiger partial charge is 0.418 e. The maximum Gasteiger partial charge on any atom is 0.418 e. The minimum Gasteiger partial charge on any atom is -0.332 e. The number of alkyl halides is 3. The van der Waals surface area contributed by atoms with E-state index in [9.17, 15) is 28.0 Å². The summed E-state index contributed by atoms with van der Waals surface area (Å²) in [5.41, 5.74) is -1.03. The van der Waals surface area contributed by atoms with Gasteiger partial charge in [-0.1, -0.05) is 19.1 Å². The predicted octanol–water partition coefficient (Wildman–Crippen LogP) is 3.09. The predicted molar refractivity (Wildman–Crippen MR) is 98.6 cm³/mol. The van der Waals surface area contributed by atoms with Crippen LogP contribution in [0.25, 0.3) is 10.9 Å². The van der Waals surface area contributed by atoms with Crippen LogP contribution in [0.4, 0.5) is 13.2 Å². The standard InChI is InChI=1S/C20H19F3N4O2/c1-12-6-15(8-24)27(10-12)17(28)11-26(2)19(29)14-7-13-4-3-5-16(20(21,22)23)18(13)25-9-14/h3-5,7,9,12,15H,6,10-11H2,1-2H3. The molecule has 0 aliphatic carbocycles. The summed E-state index contributed by atoms with van der Waals surface area (Å²) in [6, 6.07) is 6.55. The van der Waals surface area contributed by atoms with Crippen LogP contribution >= 0.6 is 0 Å². The van der Waals surface area contributed by atoms with E-state index in [2.05, 4.69) is 11.1 Å². The van der Waals surface area contributed by atoms with Crippen LogP contribution in [0.15, 0.2) is 30.5 Å². The van der Waals surface area contributed by atoms with Crippen LogP contribution in [-0.2, 0) is 11.0 Å². The number of fused-ring (bicyclic) bond motifs is 1. The Morgan fingerprint density at radius 3 is 2.76 bits per heavy atom. The van der Waals surface area contributed by atoms with Crippen molar-refractivity contribution >= 4 is 22.7 Å². The Kier molecular flexibility index (Phi) is 5.46. The highest BCUT2D eigenvalue weighted by atomic mass is 19.4. The summed E-state index contributed by atoms with van der Waals surface area (Å²) < 4.78 is 39.3. The number of hydrogen-bond donors (Lipinski definition) is 0. The molecule has 2 atom stereocenters. The number of halogens is 3. The zero-order valence-corrected chi connectivity index (χ0v) is 15.9. The Balaban J connectivity index is 1.78. The minimum atomic E-state index is -4.55. The van der Waals surface area contributed by atoms with Gasteiger partial charge in [0.15, 0.2) is 0 Å². The third-order valence-corrected chi connectivity index (χ3v) is 4.96. The quantitative estimate of drug-likeness (QED) is 0.788. The summed E-state index contributed by atoms with van der Waals surface area (Å²) in [5.74, 6) is -0.673. The zero-order valence-electron chi connectivity index (χ0n) is 15.9. The highest BCUT2D eigenvalue weighted by Crippen LogP contribution is 2.34. The molecule has 9 heteroatoms. The second-order valence-electron chi connectivity index (χ2n) is 7.29. The molecule has 29 heavy (non-hydrogen) atoms. The molecule has 1 fully saturated rings. The Labute approximate surface area is 165 Å². The first-order valence-corrected chi connectivity index (χ1v) is 9.02. The van der Waals surface area contributed by atoms with Crippen LogP contribution in [0, 0.1) is 17.2 Å². The molecular weight excluding hydrogens is 385 g/mol. The van der Waals surface area contributed by atoms with Gasteiger partial charge in [-0.15, -0.1) is 0 Å². The summed E-state index contributed by atoms with van der Waals surface area (Å²) in [6.07, 6.45) is -2.88. The maximum atomic E-state index is 13.1. The summed E-state index contributed by atoms with van der Waals surface area (Å²) in [6.45, 7) is 2.17. The monoisotopic (exact) mass is 404 g/mol. The highest BCUT2D eigenvalue weighted by Gasteiger charge is 2.34. The van der Waals surface area contributed by atoms with Crippen LogP contribution in [0.1, 0.15) is 29.3 Å². The van der Waals surface area contributed by atoms with Crippen LogP contribution in [0.3, 0.4) is 0 Å². The fourth-order valence-corrected chi connectivity index (χ4v) is 3.54. The number of nitrogens with zero attached hydrogens (tertiary/aromatic N) is 4. The molecule has 1 aromatic carbocycles. The first-order chi connectivity index (χ1) is 13.6. The van der Waals surface area contributed by atoms with Crippen LogP contribution in [-0.4, -0.2) is 52.8 Å². The van der Waals surface area contributed by atoms with E-state index in [0.717, 1.165) is 12.3 Å². The van der Waals surface area contributed by atoms with Crippen LogP contribution in [0.2, 0.25) is 0 Å². The van der Waals surface area contributed by atoms with E-state index in [0.29, 0.717) is 13.0 Å². The number of aromatic nitrogens is 1. The molecule has 0 spiro atoms. The third-order valence-electron chi connectivity index (χ3n) is 4.96. The maximum absolute atomic E-state index is 13.1. The first kappa shape index (κ1) is 20.6. The SMILES string of the molecule is CC1CC(C#N)N(C(=O)CN(C)C(=O)c2cnc3c(C(F)(F)F)cccc3c2)C1. The molecule has 2 amide bonds. The van der Waals surface area contributed by atoms with Crippen molar-refractivity contribution in [1.82, 2.24) is 14.8 Å². The lowest BCUT2D eigenvalue weighted by Gasteiger charge is -2.24. The smallest absolute Gasteiger partial charge is 0.332 e. The molecule has 0 saturated carbocycles. The molecule has 6 nitrogen and oxygen atoms in total. The Morgan fingerprint density at radius 2 is 2.10 bits per heavy atom. The first-order valence-electron chi connectivity index (χ1n) is 9.02. The van der Waals surface area contributed by atoms with Crippen molar-refractivity contribution in [3.8, 4) is 6.07 Å². The second kappa shape index (κ2) is 7.70. The van der Waals surface area contributed by atoms with Gasteiger partial charge in [-0.2, -0.15) is 18.4 Å². The lowest BCUT2D eigenvalue weighted by atomic mass is 10.1. The lowest BCUT2D eigenvalue weighted by molar-refractivity contribution is -0.136. The summed E-state index contributed by atoms with van der Waals surface area (Å²) in [5, 5.41) is 9.38. The van der Waals surface area contributed by atoms with E-state index in [1.807, 2.05) is 6.92 Å². The van der Waals surface area contributed by atoms with E-state index in [1.165, 1.54) is 35.0 Å². The van der Waals surface area contributed by atoms with Crippen LogP contribution in [0.5, 0.6) is 0 Å². The summed E-state index contributed by atoms with van der Waals surface area (Å²) >= 11 is 0. The molecule has 2 heterocycles. The van der Waals surface area contributed by atoms with Gasteiger partial charge in [-0.25, -0.2) is 0 Å². The van der Waals surface area contributed by atoms with Crippen molar-refractivity contribution in [3.63, 3.8) is 0 Å². The van der Waals surface area contributed by atoms with E-state index in [4.69, 9.17) is 0 Å². The van der Waals surface area contributed by atoms with Gasteiger partial charge in [-0.3, -0.25) is 14.6 Å². The zero-order chi connectivity index (χ0) is 21.3. The normalized spacial score (nSPS) is 19.2. The molecule has 1 saturated heterocycles. The third kappa shape index (κ3) is 4.16. The average molecular weight is 404 g/mol. The number of carbonyl (C=O) groups excluding carboxylic acids is 2. The van der Waals surface area contributed by atoms with E-state index >= 15 is 0 Å². The molecule has 0 bridgehead atoms. The van der Waals surface area contributed by atoms with Crippen molar-refractivity contribution in [2.24, 2.45) is 5.92 Å². The van der Waals surface area contributed by atoms with Crippen molar-refractivity contribution in [1.29, 1.82) is 5.26 Å². The average Bonchev–Trinajstić information content (AvgIpc) is 3.06. The number of likely N-dealkylation sites (tertiary alicyclic amines) is 1. The van der Waals surface area contributed by atoms with E-state index in [1.54, 1.807) is 0 Å². The fourth-order valence-electron chi connectivity index (χ4n) is 3.54. The molecule has 152 valence electrons. The number of likely N-dealkylation sites (N-methyl/N-ethyl adjacent to an activating group) is 1. The molecule has 2 unspecified atom stereocenters. The second-order valence-corrected chi connectivity index (χ2v) is 7.29. The number of rotatable bonds is 3. The topological polar surface area (TPSA) is 77.3 Å².